The fourth-order valence-electron chi connectivity index (χ4n) is 4.46. The van der Waals surface area contributed by atoms with Gasteiger partial charge in [-0.25, -0.2) is 4.39 Å². The Morgan fingerprint density at radius 1 is 1.39 bits per heavy atom. The Kier molecular flexibility index (Phi) is 5.58. The van der Waals surface area contributed by atoms with Crippen molar-refractivity contribution in [1.82, 2.24) is 4.90 Å². The van der Waals surface area contributed by atoms with Crippen molar-refractivity contribution in [2.75, 3.05) is 30.3 Å². The molecule has 0 radical (unpaired) electrons. The van der Waals surface area contributed by atoms with E-state index in [0.29, 0.717) is 48.6 Å². The summed E-state index contributed by atoms with van der Waals surface area (Å²) in [6.07, 6.45) is 1.95. The Balaban J connectivity index is 1.60. The minimum atomic E-state index is -1.02. The predicted molar refractivity (Wildman–Crippen MR) is 115 cm³/mol. The maximum absolute atomic E-state index is 14.4. The largest absolute Gasteiger partial charge is 0.507 e. The number of hydrogen-bond acceptors (Lipinski definition) is 6. The van der Waals surface area contributed by atoms with Crippen LogP contribution in [0.1, 0.15) is 42.6 Å². The van der Waals surface area contributed by atoms with Crippen LogP contribution in [-0.2, 0) is 10.3 Å². The Labute approximate surface area is 180 Å². The number of halogens is 1. The Bertz CT molecular complexity index is 1030. The number of carbonyl (C=O) groups is 2. The Hall–Kier alpha value is -3.13. The molecule has 2 aromatic rings. The van der Waals surface area contributed by atoms with Crippen LogP contribution in [0.5, 0.6) is 11.5 Å². The molecule has 0 bridgehead atoms. The van der Waals surface area contributed by atoms with Crippen LogP contribution < -0.4 is 15.4 Å². The second kappa shape index (κ2) is 8.19. The monoisotopic (exact) mass is 427 g/mol. The first kappa shape index (κ1) is 21.1. The number of rotatable bonds is 6. The first-order valence-electron chi connectivity index (χ1n) is 10.5. The van der Waals surface area contributed by atoms with Crippen molar-refractivity contribution in [2.24, 2.45) is 0 Å². The molecule has 2 aromatic carbocycles. The molecule has 0 aliphatic carbocycles. The number of aromatic hydroxyl groups is 1. The van der Waals surface area contributed by atoms with E-state index in [1.165, 1.54) is 24.3 Å². The van der Waals surface area contributed by atoms with Gasteiger partial charge in [-0.1, -0.05) is 0 Å². The van der Waals surface area contributed by atoms with Crippen molar-refractivity contribution >= 4 is 23.6 Å². The number of benzene rings is 2. The quantitative estimate of drug-likeness (QED) is 0.612. The molecule has 8 heteroatoms. The summed E-state index contributed by atoms with van der Waals surface area (Å²) in [5, 5.41) is 15.7. The number of phenolic OH excluding ortho intramolecular Hbond substituents is 1. The zero-order valence-corrected chi connectivity index (χ0v) is 17.6. The highest BCUT2D eigenvalue weighted by Gasteiger charge is 2.49. The molecule has 0 spiro atoms. The predicted octanol–water partition coefficient (Wildman–Crippen LogP) is 3.49. The van der Waals surface area contributed by atoms with Crippen molar-refractivity contribution in [1.29, 1.82) is 0 Å². The minimum Gasteiger partial charge on any atom is -0.507 e. The van der Waals surface area contributed by atoms with Gasteiger partial charge in [0.15, 0.2) is 6.29 Å². The van der Waals surface area contributed by atoms with Gasteiger partial charge in [-0.15, -0.1) is 0 Å². The number of amides is 1. The molecule has 1 fully saturated rings. The van der Waals surface area contributed by atoms with Crippen LogP contribution in [-0.4, -0.2) is 47.9 Å². The molecule has 2 aliphatic rings. The number of ether oxygens (including phenoxy) is 1. The SMILES string of the molecule is CCNc1cc(F)cc2c1NC(=O)[C@]2(C)N1CCC[C@@H](Oc2ccc(O)c(C=O)c2)C1. The van der Waals surface area contributed by atoms with E-state index in [0.717, 1.165) is 12.8 Å². The summed E-state index contributed by atoms with van der Waals surface area (Å²) < 4.78 is 20.4. The van der Waals surface area contributed by atoms with Crippen molar-refractivity contribution in [3.63, 3.8) is 0 Å². The summed E-state index contributed by atoms with van der Waals surface area (Å²) >= 11 is 0. The number of likely N-dealkylation sites (tertiary alicyclic amines) is 1. The van der Waals surface area contributed by atoms with Crippen LogP contribution in [0.25, 0.3) is 0 Å². The molecule has 0 saturated carbocycles. The van der Waals surface area contributed by atoms with Crippen molar-refractivity contribution < 1.29 is 23.8 Å². The molecule has 0 unspecified atom stereocenters. The normalized spacial score (nSPS) is 23.2. The molecule has 1 amide bonds. The van der Waals surface area contributed by atoms with E-state index in [1.54, 1.807) is 6.07 Å². The lowest BCUT2D eigenvalue weighted by Gasteiger charge is -2.42. The van der Waals surface area contributed by atoms with Gasteiger partial charge in [0.25, 0.3) is 0 Å². The Morgan fingerprint density at radius 2 is 2.19 bits per heavy atom. The van der Waals surface area contributed by atoms with Crippen molar-refractivity contribution in [3.8, 4) is 11.5 Å². The maximum atomic E-state index is 14.4. The van der Waals surface area contributed by atoms with Gasteiger partial charge in [0.1, 0.15) is 29.0 Å². The third kappa shape index (κ3) is 3.72. The van der Waals surface area contributed by atoms with Gasteiger partial charge in [-0.05, 0) is 63.6 Å². The summed E-state index contributed by atoms with van der Waals surface area (Å²) in [6, 6.07) is 7.35. The molecule has 7 nitrogen and oxygen atoms in total. The van der Waals surface area contributed by atoms with Crippen molar-refractivity contribution in [3.05, 3.63) is 47.3 Å². The van der Waals surface area contributed by atoms with E-state index in [-0.39, 0.29) is 23.3 Å². The second-order valence-electron chi connectivity index (χ2n) is 8.10. The lowest BCUT2D eigenvalue weighted by molar-refractivity contribution is -0.128. The smallest absolute Gasteiger partial charge is 0.249 e. The van der Waals surface area contributed by atoms with Crippen LogP contribution in [0, 0.1) is 5.82 Å². The Morgan fingerprint density at radius 3 is 2.94 bits per heavy atom. The molecule has 4 rings (SSSR count). The number of fused-ring (bicyclic) bond motifs is 1. The maximum Gasteiger partial charge on any atom is 0.249 e. The summed E-state index contributed by atoms with van der Waals surface area (Å²) in [6.45, 7) is 5.48. The summed E-state index contributed by atoms with van der Waals surface area (Å²) in [4.78, 5) is 26.2. The van der Waals surface area contributed by atoms with E-state index in [4.69, 9.17) is 4.74 Å². The molecular formula is C23H26FN3O4. The highest BCUT2D eigenvalue weighted by molar-refractivity contribution is 6.08. The summed E-state index contributed by atoms with van der Waals surface area (Å²) in [5.41, 5.74) is 0.944. The van der Waals surface area contributed by atoms with Crippen LogP contribution in [0.3, 0.4) is 0 Å². The van der Waals surface area contributed by atoms with Gasteiger partial charge in [0.2, 0.25) is 5.91 Å². The van der Waals surface area contributed by atoms with E-state index in [1.807, 2.05) is 18.7 Å². The topological polar surface area (TPSA) is 90.9 Å². The van der Waals surface area contributed by atoms with E-state index in [9.17, 15) is 19.1 Å². The fraction of sp³-hybridized carbons (Fsp3) is 0.391. The zero-order valence-electron chi connectivity index (χ0n) is 17.6. The lowest BCUT2D eigenvalue weighted by atomic mass is 9.88. The highest BCUT2D eigenvalue weighted by atomic mass is 19.1. The molecule has 1 saturated heterocycles. The number of phenols is 1. The number of nitrogens with one attached hydrogen (secondary N) is 2. The van der Waals surface area contributed by atoms with Crippen molar-refractivity contribution in [2.45, 2.75) is 38.3 Å². The van der Waals surface area contributed by atoms with Crippen LogP contribution in [0.2, 0.25) is 0 Å². The van der Waals surface area contributed by atoms with E-state index < -0.39 is 11.4 Å². The summed E-state index contributed by atoms with van der Waals surface area (Å²) in [5.74, 6) is -0.208. The van der Waals surface area contributed by atoms with Gasteiger partial charge in [-0.3, -0.25) is 14.5 Å². The molecular weight excluding hydrogens is 401 g/mol. The molecule has 2 aliphatic heterocycles. The van der Waals surface area contributed by atoms with Crippen LogP contribution >= 0.6 is 0 Å². The molecule has 2 heterocycles. The number of hydrogen-bond donors (Lipinski definition) is 3. The zero-order chi connectivity index (χ0) is 22.2. The van der Waals surface area contributed by atoms with Gasteiger partial charge < -0.3 is 20.5 Å². The average Bonchev–Trinajstić information content (AvgIpc) is 3.01. The van der Waals surface area contributed by atoms with Gasteiger partial charge in [0, 0.05) is 18.7 Å². The highest BCUT2D eigenvalue weighted by Crippen LogP contribution is 2.45. The van der Waals surface area contributed by atoms with Gasteiger partial charge in [-0.2, -0.15) is 0 Å². The third-order valence-electron chi connectivity index (χ3n) is 6.11. The molecule has 164 valence electrons. The number of piperidine rings is 1. The van der Waals surface area contributed by atoms with E-state index >= 15 is 0 Å². The number of carbonyl (C=O) groups excluding carboxylic acids is 2. The number of anilines is 2. The molecule has 3 N–H and O–H groups in total. The first-order chi connectivity index (χ1) is 14.9. The van der Waals surface area contributed by atoms with Crippen LogP contribution in [0.15, 0.2) is 30.3 Å². The average molecular weight is 427 g/mol. The molecule has 0 aromatic heterocycles. The lowest BCUT2D eigenvalue weighted by Crippen LogP contribution is -2.54. The van der Waals surface area contributed by atoms with Gasteiger partial charge >= 0.3 is 0 Å². The third-order valence-corrected chi connectivity index (χ3v) is 6.11. The minimum absolute atomic E-state index is 0.0992. The fourth-order valence-corrected chi connectivity index (χ4v) is 4.46. The summed E-state index contributed by atoms with van der Waals surface area (Å²) in [7, 11) is 0. The standard InChI is InChI=1S/C23H26FN3O4/c1-3-25-19-11-15(24)10-18-21(19)26-22(30)23(18,2)27-8-4-5-17(12-27)31-16-6-7-20(29)14(9-16)13-28/h6-7,9-11,13,17,25,29H,3-5,8,12H2,1-2H3,(H,26,30)/t17-,23-/m1/s1. The van der Waals surface area contributed by atoms with Crippen LogP contribution in [0.4, 0.5) is 15.8 Å². The molecule has 2 atom stereocenters. The molecule has 31 heavy (non-hydrogen) atoms. The number of aldehydes is 1. The van der Waals surface area contributed by atoms with E-state index in [2.05, 4.69) is 10.6 Å². The number of nitrogens with zero attached hydrogens (tertiary/aromatic N) is 1. The first-order valence-corrected chi connectivity index (χ1v) is 10.5. The second-order valence-corrected chi connectivity index (χ2v) is 8.10. The van der Waals surface area contributed by atoms with Gasteiger partial charge in [0.05, 0.1) is 16.9 Å².